The monoisotopic (exact) mass is 396 g/mol. The van der Waals surface area contributed by atoms with Gasteiger partial charge in [-0.3, -0.25) is 0 Å². The number of nitrogens with one attached hydrogen (secondary N) is 1. The van der Waals surface area contributed by atoms with Gasteiger partial charge in [0.15, 0.2) is 0 Å². The first-order chi connectivity index (χ1) is 14.0. The molecule has 9 heteroatoms. The van der Waals surface area contributed by atoms with Gasteiger partial charge in [-0.15, -0.1) is 0 Å². The van der Waals surface area contributed by atoms with Crippen molar-refractivity contribution in [1.82, 2.24) is 30.2 Å². The van der Waals surface area contributed by atoms with Crippen molar-refractivity contribution >= 4 is 0 Å². The highest BCUT2D eigenvalue weighted by molar-refractivity contribution is 5.58. The Bertz CT molecular complexity index is 1070. The Labute approximate surface area is 165 Å². The summed E-state index contributed by atoms with van der Waals surface area (Å²) in [6.45, 7) is 1.83. The Morgan fingerprint density at radius 3 is 2.52 bits per heavy atom. The molecule has 148 valence electrons. The van der Waals surface area contributed by atoms with Gasteiger partial charge in [0.1, 0.15) is 36.0 Å². The van der Waals surface area contributed by atoms with Gasteiger partial charge in [0.2, 0.25) is 0 Å². The van der Waals surface area contributed by atoms with E-state index in [1.165, 1.54) is 23.4 Å². The summed E-state index contributed by atoms with van der Waals surface area (Å²) in [6.07, 6.45) is 3.27. The fourth-order valence-electron chi connectivity index (χ4n) is 3.35. The second-order valence-corrected chi connectivity index (χ2v) is 6.74. The van der Waals surface area contributed by atoms with Crippen molar-refractivity contribution in [2.24, 2.45) is 0 Å². The standard InChI is InChI=1S/C20H18F2N6O/c1-12(13-2-4-14(5-3-13)18-9-24-27-26-18)20(29)19(28-11-23-10-25-28)16-7-6-15(21)8-17(16)22/h2-12,19-20,29H,1H3,(H,24,26,27). The Kier molecular flexibility index (Phi) is 5.13. The molecule has 4 aromatic rings. The number of aromatic amines is 1. The molecule has 2 aromatic carbocycles. The van der Waals surface area contributed by atoms with E-state index >= 15 is 0 Å². The Morgan fingerprint density at radius 1 is 1.10 bits per heavy atom. The molecule has 0 amide bonds. The van der Waals surface area contributed by atoms with Crippen LogP contribution in [0.15, 0.2) is 61.3 Å². The fraction of sp³-hybridized carbons (Fsp3) is 0.200. The first kappa shape index (κ1) is 18.9. The van der Waals surface area contributed by atoms with Crippen molar-refractivity contribution in [3.8, 4) is 11.3 Å². The topological polar surface area (TPSA) is 92.5 Å². The molecule has 0 aliphatic carbocycles. The van der Waals surface area contributed by atoms with Gasteiger partial charge in [-0.05, 0) is 11.6 Å². The van der Waals surface area contributed by atoms with Crippen LogP contribution in [0.3, 0.4) is 0 Å². The number of rotatable bonds is 6. The zero-order valence-corrected chi connectivity index (χ0v) is 15.4. The third-order valence-corrected chi connectivity index (χ3v) is 4.99. The SMILES string of the molecule is CC(c1ccc(-c2cn[nH]n2)cc1)C(O)C(c1ccc(F)cc1F)n1cncn1. The van der Waals surface area contributed by atoms with Gasteiger partial charge in [-0.25, -0.2) is 18.4 Å². The molecule has 0 saturated heterocycles. The zero-order chi connectivity index (χ0) is 20.4. The van der Waals surface area contributed by atoms with Crippen LogP contribution in [0.5, 0.6) is 0 Å². The van der Waals surface area contributed by atoms with Crippen LogP contribution in [0.2, 0.25) is 0 Å². The van der Waals surface area contributed by atoms with Crippen LogP contribution in [0.1, 0.15) is 30.0 Å². The molecule has 4 rings (SSSR count). The molecule has 29 heavy (non-hydrogen) atoms. The van der Waals surface area contributed by atoms with Gasteiger partial charge < -0.3 is 5.11 Å². The van der Waals surface area contributed by atoms with Crippen molar-refractivity contribution in [3.05, 3.63) is 84.1 Å². The van der Waals surface area contributed by atoms with Crippen molar-refractivity contribution in [3.63, 3.8) is 0 Å². The van der Waals surface area contributed by atoms with Gasteiger partial charge in [-0.1, -0.05) is 37.3 Å². The third-order valence-electron chi connectivity index (χ3n) is 4.99. The van der Waals surface area contributed by atoms with E-state index in [1.54, 1.807) is 6.20 Å². The van der Waals surface area contributed by atoms with Crippen molar-refractivity contribution in [2.45, 2.75) is 25.0 Å². The second-order valence-electron chi connectivity index (χ2n) is 6.74. The van der Waals surface area contributed by atoms with Crippen LogP contribution in [0.25, 0.3) is 11.3 Å². The molecule has 7 nitrogen and oxygen atoms in total. The lowest BCUT2D eigenvalue weighted by molar-refractivity contribution is 0.0997. The maximum Gasteiger partial charge on any atom is 0.137 e. The molecule has 0 saturated carbocycles. The molecule has 0 bridgehead atoms. The van der Waals surface area contributed by atoms with Crippen LogP contribution in [-0.4, -0.2) is 41.4 Å². The lowest BCUT2D eigenvalue weighted by Gasteiger charge is -2.28. The highest BCUT2D eigenvalue weighted by atomic mass is 19.1. The van der Waals surface area contributed by atoms with Crippen LogP contribution >= 0.6 is 0 Å². The molecule has 3 atom stereocenters. The van der Waals surface area contributed by atoms with Crippen LogP contribution < -0.4 is 0 Å². The summed E-state index contributed by atoms with van der Waals surface area (Å²) in [6, 6.07) is 9.90. The smallest absolute Gasteiger partial charge is 0.137 e. The summed E-state index contributed by atoms with van der Waals surface area (Å²) in [5, 5.41) is 25.6. The van der Waals surface area contributed by atoms with E-state index in [-0.39, 0.29) is 11.5 Å². The molecule has 2 heterocycles. The first-order valence-corrected chi connectivity index (χ1v) is 8.98. The van der Waals surface area contributed by atoms with Crippen LogP contribution in [0, 0.1) is 11.6 Å². The maximum absolute atomic E-state index is 14.5. The predicted octanol–water partition coefficient (Wildman–Crippen LogP) is 3.10. The average Bonchev–Trinajstić information content (AvgIpc) is 3.44. The van der Waals surface area contributed by atoms with Gasteiger partial charge in [0.05, 0.1) is 12.3 Å². The lowest BCUT2D eigenvalue weighted by Crippen LogP contribution is -2.31. The number of nitrogens with zero attached hydrogens (tertiary/aromatic N) is 5. The Hall–Kier alpha value is -3.46. The van der Waals surface area contributed by atoms with E-state index in [0.29, 0.717) is 5.69 Å². The van der Waals surface area contributed by atoms with Gasteiger partial charge in [0.25, 0.3) is 0 Å². The molecule has 2 aromatic heterocycles. The number of benzene rings is 2. The predicted molar refractivity (Wildman–Crippen MR) is 101 cm³/mol. The number of halogens is 2. The lowest BCUT2D eigenvalue weighted by atomic mass is 9.87. The Balaban J connectivity index is 1.66. The van der Waals surface area contributed by atoms with Crippen LogP contribution in [-0.2, 0) is 0 Å². The molecular formula is C20H18F2N6O. The largest absolute Gasteiger partial charge is 0.390 e. The molecule has 0 fully saturated rings. The zero-order valence-electron chi connectivity index (χ0n) is 15.4. The third kappa shape index (κ3) is 3.77. The summed E-state index contributed by atoms with van der Waals surface area (Å²) in [4.78, 5) is 3.90. The van der Waals surface area contributed by atoms with E-state index in [2.05, 4.69) is 25.5 Å². The average molecular weight is 396 g/mol. The van der Waals surface area contributed by atoms with Crippen LogP contribution in [0.4, 0.5) is 8.78 Å². The summed E-state index contributed by atoms with van der Waals surface area (Å²) >= 11 is 0. The van der Waals surface area contributed by atoms with E-state index in [1.807, 2.05) is 31.2 Å². The summed E-state index contributed by atoms with van der Waals surface area (Å²) in [7, 11) is 0. The van der Waals surface area contributed by atoms with E-state index in [0.717, 1.165) is 23.3 Å². The molecule has 0 aliphatic heterocycles. The highest BCUT2D eigenvalue weighted by Crippen LogP contribution is 2.33. The number of aromatic nitrogens is 6. The molecule has 0 spiro atoms. The number of aliphatic hydroxyl groups is 1. The minimum atomic E-state index is -1.05. The number of hydrogen-bond donors (Lipinski definition) is 2. The number of H-pyrrole nitrogens is 1. The molecule has 3 unspecified atom stereocenters. The summed E-state index contributed by atoms with van der Waals surface area (Å²) in [5.74, 6) is -1.81. The van der Waals surface area contributed by atoms with E-state index < -0.39 is 23.8 Å². The van der Waals surface area contributed by atoms with Gasteiger partial charge in [-0.2, -0.15) is 20.5 Å². The minimum Gasteiger partial charge on any atom is -0.390 e. The first-order valence-electron chi connectivity index (χ1n) is 8.98. The molecule has 2 N–H and O–H groups in total. The highest BCUT2D eigenvalue weighted by Gasteiger charge is 2.31. The second kappa shape index (κ2) is 7.88. The van der Waals surface area contributed by atoms with Gasteiger partial charge >= 0.3 is 0 Å². The van der Waals surface area contributed by atoms with Crippen molar-refractivity contribution < 1.29 is 13.9 Å². The van der Waals surface area contributed by atoms with E-state index in [9.17, 15) is 13.9 Å². The van der Waals surface area contributed by atoms with Crippen molar-refractivity contribution in [1.29, 1.82) is 0 Å². The number of aliphatic hydroxyl groups excluding tert-OH is 1. The normalized spacial score (nSPS) is 14.5. The summed E-state index contributed by atoms with van der Waals surface area (Å²) < 4.78 is 29.3. The quantitative estimate of drug-likeness (QED) is 0.523. The van der Waals surface area contributed by atoms with E-state index in [4.69, 9.17) is 0 Å². The Morgan fingerprint density at radius 2 is 1.90 bits per heavy atom. The van der Waals surface area contributed by atoms with Crippen molar-refractivity contribution in [2.75, 3.05) is 0 Å². The molecule has 0 aliphatic rings. The molecular weight excluding hydrogens is 378 g/mol. The number of hydrogen-bond acceptors (Lipinski definition) is 5. The summed E-state index contributed by atoms with van der Waals surface area (Å²) in [5.41, 5.74) is 2.56. The maximum atomic E-state index is 14.5. The minimum absolute atomic E-state index is 0.135. The van der Waals surface area contributed by atoms with Gasteiger partial charge in [0, 0.05) is 23.1 Å². The fourth-order valence-corrected chi connectivity index (χ4v) is 3.35. The molecule has 0 radical (unpaired) electrons.